The van der Waals surface area contributed by atoms with E-state index in [0.717, 1.165) is 0 Å². The van der Waals surface area contributed by atoms with E-state index in [1.807, 2.05) is 0 Å². The first-order valence-corrected chi connectivity index (χ1v) is 7.64. The van der Waals surface area contributed by atoms with E-state index in [1.165, 1.54) is 11.1 Å². The molecule has 1 aliphatic heterocycles. The Morgan fingerprint density at radius 2 is 2.04 bits per heavy atom. The van der Waals surface area contributed by atoms with Gasteiger partial charge < -0.3 is 20.3 Å². The van der Waals surface area contributed by atoms with Gasteiger partial charge in [-0.2, -0.15) is 4.80 Å². The highest BCUT2D eigenvalue weighted by Crippen LogP contribution is 2.38. The molecule has 4 rings (SSSR count). The molecule has 0 bridgehead atoms. The SMILES string of the molecule is CNc1nc(C)nc2c1ncn2C1OC(c2nnn(C)n2)C(O)C1O. The zero-order valence-electron chi connectivity index (χ0n) is 13.8. The standard InChI is InChI=1S/C13H17N9O3/c1-5-16-10(14-2)6-12(17-5)22(4-15-6)13-8(24)7(23)9(25-13)11-18-20-21(3)19-11/h4,7-9,13,23-24H,1-3H3,(H,14,16,17). The van der Waals surface area contributed by atoms with Gasteiger partial charge in [-0.15, -0.1) is 10.2 Å². The summed E-state index contributed by atoms with van der Waals surface area (Å²) in [5, 5.41) is 35.4. The Morgan fingerprint density at radius 1 is 1.24 bits per heavy atom. The number of aliphatic hydroxyl groups is 2. The number of nitrogens with one attached hydrogen (secondary N) is 1. The maximum atomic E-state index is 10.5. The van der Waals surface area contributed by atoms with Crippen molar-refractivity contribution >= 4 is 17.0 Å². The van der Waals surface area contributed by atoms with Gasteiger partial charge in [0.1, 0.15) is 18.0 Å². The highest BCUT2D eigenvalue weighted by Gasteiger charge is 2.47. The number of imidazole rings is 1. The van der Waals surface area contributed by atoms with Gasteiger partial charge in [0.2, 0.25) is 5.82 Å². The first-order valence-electron chi connectivity index (χ1n) is 7.64. The summed E-state index contributed by atoms with van der Waals surface area (Å²) in [5.74, 6) is 1.31. The van der Waals surface area contributed by atoms with Crippen molar-refractivity contribution in [3.63, 3.8) is 0 Å². The smallest absolute Gasteiger partial charge is 0.206 e. The van der Waals surface area contributed by atoms with Gasteiger partial charge in [-0.05, 0) is 12.1 Å². The van der Waals surface area contributed by atoms with Crippen LogP contribution < -0.4 is 5.32 Å². The lowest BCUT2D eigenvalue weighted by Gasteiger charge is -2.16. The van der Waals surface area contributed by atoms with Crippen LogP contribution in [0.4, 0.5) is 5.82 Å². The number of ether oxygens (including phenoxy) is 1. The molecule has 3 aromatic rings. The molecule has 0 spiro atoms. The monoisotopic (exact) mass is 347 g/mol. The quantitative estimate of drug-likeness (QED) is 0.521. The predicted octanol–water partition coefficient (Wildman–Crippen LogP) is -1.31. The number of aromatic nitrogens is 8. The van der Waals surface area contributed by atoms with Crippen molar-refractivity contribution in [3.8, 4) is 0 Å². The molecule has 132 valence electrons. The Morgan fingerprint density at radius 3 is 2.72 bits per heavy atom. The molecule has 0 aromatic carbocycles. The summed E-state index contributed by atoms with van der Waals surface area (Å²) < 4.78 is 7.38. The van der Waals surface area contributed by atoms with Crippen molar-refractivity contribution in [2.45, 2.75) is 31.5 Å². The molecule has 12 nitrogen and oxygen atoms in total. The minimum absolute atomic E-state index is 0.197. The average Bonchev–Trinajstić information content (AvgIpc) is 3.26. The molecular weight excluding hydrogens is 330 g/mol. The van der Waals surface area contributed by atoms with E-state index in [0.29, 0.717) is 22.8 Å². The number of hydrogen-bond acceptors (Lipinski definition) is 10. The van der Waals surface area contributed by atoms with Crippen LogP contribution in [0.3, 0.4) is 0 Å². The van der Waals surface area contributed by atoms with Gasteiger partial charge in [0.25, 0.3) is 0 Å². The molecule has 0 saturated carbocycles. The number of anilines is 1. The van der Waals surface area contributed by atoms with Gasteiger partial charge in [-0.3, -0.25) is 4.57 Å². The number of tetrazole rings is 1. The summed E-state index contributed by atoms with van der Waals surface area (Å²) in [4.78, 5) is 14.2. The van der Waals surface area contributed by atoms with Gasteiger partial charge in [-0.1, -0.05) is 0 Å². The highest BCUT2D eigenvalue weighted by atomic mass is 16.6. The van der Waals surface area contributed by atoms with Crippen molar-refractivity contribution in [2.75, 3.05) is 12.4 Å². The van der Waals surface area contributed by atoms with Crippen LogP contribution in [0.25, 0.3) is 11.2 Å². The Bertz CT molecular complexity index is 923. The number of aliphatic hydroxyl groups excluding tert-OH is 2. The number of rotatable bonds is 3. The van der Waals surface area contributed by atoms with Gasteiger partial charge in [0.05, 0.1) is 13.4 Å². The molecule has 0 radical (unpaired) electrons. The Hall–Kier alpha value is -2.70. The fourth-order valence-corrected chi connectivity index (χ4v) is 2.90. The van der Waals surface area contributed by atoms with Gasteiger partial charge in [0.15, 0.2) is 29.3 Å². The van der Waals surface area contributed by atoms with E-state index >= 15 is 0 Å². The van der Waals surface area contributed by atoms with Gasteiger partial charge in [0, 0.05) is 7.05 Å². The summed E-state index contributed by atoms with van der Waals surface area (Å²) >= 11 is 0. The number of fused-ring (bicyclic) bond motifs is 1. The second kappa shape index (κ2) is 5.68. The molecule has 25 heavy (non-hydrogen) atoms. The second-order valence-electron chi connectivity index (χ2n) is 5.76. The van der Waals surface area contributed by atoms with Crippen molar-refractivity contribution in [2.24, 2.45) is 7.05 Å². The molecule has 12 heteroatoms. The van der Waals surface area contributed by atoms with Crippen LogP contribution in [0.2, 0.25) is 0 Å². The summed E-state index contributed by atoms with van der Waals surface area (Å²) in [6.07, 6.45) is -2.73. The Balaban J connectivity index is 1.75. The van der Waals surface area contributed by atoms with Crippen LogP contribution in [-0.4, -0.2) is 69.2 Å². The maximum Gasteiger partial charge on any atom is 0.206 e. The number of aryl methyl sites for hydroxylation is 2. The lowest BCUT2D eigenvalue weighted by atomic mass is 10.1. The summed E-state index contributed by atoms with van der Waals surface area (Å²) in [5.41, 5.74) is 1.03. The first kappa shape index (κ1) is 15.8. The molecule has 0 aliphatic carbocycles. The van der Waals surface area contributed by atoms with E-state index in [1.54, 1.807) is 25.6 Å². The Labute approximate surface area is 141 Å². The van der Waals surface area contributed by atoms with Crippen molar-refractivity contribution in [1.82, 2.24) is 39.7 Å². The molecule has 4 atom stereocenters. The van der Waals surface area contributed by atoms with Crippen LogP contribution in [0.1, 0.15) is 24.0 Å². The minimum Gasteiger partial charge on any atom is -0.387 e. The van der Waals surface area contributed by atoms with Crippen LogP contribution >= 0.6 is 0 Å². The molecule has 1 saturated heterocycles. The molecule has 1 aliphatic rings. The third-order valence-corrected chi connectivity index (χ3v) is 4.06. The number of hydrogen-bond donors (Lipinski definition) is 3. The van der Waals surface area contributed by atoms with Crippen LogP contribution in [0.5, 0.6) is 0 Å². The topological polar surface area (TPSA) is 149 Å². The molecular formula is C13H17N9O3. The zero-order valence-corrected chi connectivity index (χ0v) is 13.8. The van der Waals surface area contributed by atoms with Crippen LogP contribution in [-0.2, 0) is 11.8 Å². The molecule has 4 heterocycles. The van der Waals surface area contributed by atoms with Gasteiger partial charge >= 0.3 is 0 Å². The molecule has 1 fully saturated rings. The van der Waals surface area contributed by atoms with Crippen molar-refractivity contribution < 1.29 is 14.9 Å². The molecule has 4 unspecified atom stereocenters. The third-order valence-electron chi connectivity index (χ3n) is 4.06. The van der Waals surface area contributed by atoms with Gasteiger partial charge in [-0.25, -0.2) is 15.0 Å². The second-order valence-corrected chi connectivity index (χ2v) is 5.76. The number of nitrogens with zero attached hydrogens (tertiary/aromatic N) is 8. The highest BCUT2D eigenvalue weighted by molar-refractivity contribution is 5.82. The fraction of sp³-hybridized carbons (Fsp3) is 0.538. The van der Waals surface area contributed by atoms with E-state index in [-0.39, 0.29) is 5.82 Å². The molecule has 3 aromatic heterocycles. The van der Waals surface area contributed by atoms with Crippen LogP contribution in [0, 0.1) is 6.92 Å². The van der Waals surface area contributed by atoms with Crippen LogP contribution in [0.15, 0.2) is 6.33 Å². The zero-order chi connectivity index (χ0) is 17.7. The van der Waals surface area contributed by atoms with E-state index in [4.69, 9.17) is 4.74 Å². The van der Waals surface area contributed by atoms with E-state index in [9.17, 15) is 10.2 Å². The van der Waals surface area contributed by atoms with Crippen molar-refractivity contribution in [3.05, 3.63) is 18.0 Å². The predicted molar refractivity (Wildman–Crippen MR) is 83.3 cm³/mol. The largest absolute Gasteiger partial charge is 0.387 e. The fourth-order valence-electron chi connectivity index (χ4n) is 2.90. The Kier molecular flexibility index (Phi) is 3.59. The van der Waals surface area contributed by atoms with E-state index in [2.05, 4.69) is 35.7 Å². The first-order chi connectivity index (χ1) is 12.0. The summed E-state index contributed by atoms with van der Waals surface area (Å²) in [6.45, 7) is 1.75. The third kappa shape index (κ3) is 2.42. The summed E-state index contributed by atoms with van der Waals surface area (Å²) in [7, 11) is 3.34. The molecule has 3 N–H and O–H groups in total. The average molecular weight is 347 g/mol. The minimum atomic E-state index is -1.21. The molecule has 0 amide bonds. The summed E-state index contributed by atoms with van der Waals surface area (Å²) in [6, 6.07) is 0. The maximum absolute atomic E-state index is 10.5. The normalized spacial score (nSPS) is 26.4. The van der Waals surface area contributed by atoms with E-state index < -0.39 is 24.5 Å². The van der Waals surface area contributed by atoms with Crippen molar-refractivity contribution in [1.29, 1.82) is 0 Å². The lowest BCUT2D eigenvalue weighted by molar-refractivity contribution is -0.0384. The lowest BCUT2D eigenvalue weighted by Crippen LogP contribution is -2.29.